The Labute approximate surface area is 478 Å². The van der Waals surface area contributed by atoms with Gasteiger partial charge in [-0.2, -0.15) is 0 Å². The standard InChI is InChI=1S/C67H106O12/c1-4-7-10-13-16-19-22-25-28-30-33-35-38-41-44-47-50-53-59(68)75-56-58(77-60(69)54-51-48-45-42-39-36-32-27-24-21-18-15-12-9-6-3)57-76-67-65(63(72)62(71)64(79-67)66(73)74)78-61(70)55-52-49-46-43-40-37-34-31-29-26-23-20-17-14-11-8-5-2/h7,9-10,12,16,18-19,21,25-29,32-33,35,39,41-42,44,58,62-65,67,71-72H,4-6,8,11,13-15,17,20,22-24,30-31,34,36-38,40,43,45-57H2,1-3H3,(H,73,74)/b10-7-,12-9-,19-16-,21-18-,28-25-,29-26-,32-27-,35-33-,42-39-,44-41-. The summed E-state index contributed by atoms with van der Waals surface area (Å²) in [6, 6.07) is 0. The number of aliphatic hydroxyl groups is 2. The molecule has 3 N–H and O–H groups in total. The number of unbranched alkanes of at least 4 members (excludes halogenated alkanes) is 16. The Bertz CT molecular complexity index is 1840. The van der Waals surface area contributed by atoms with Crippen LogP contribution in [-0.2, 0) is 42.9 Å². The normalized spacial score (nSPS) is 18.7. The molecule has 6 unspecified atom stereocenters. The van der Waals surface area contributed by atoms with Crippen molar-refractivity contribution in [1.29, 1.82) is 0 Å². The fourth-order valence-corrected chi connectivity index (χ4v) is 8.39. The maximum atomic E-state index is 13.1. The minimum Gasteiger partial charge on any atom is -0.479 e. The maximum absolute atomic E-state index is 13.1. The van der Waals surface area contributed by atoms with Gasteiger partial charge in [0.25, 0.3) is 0 Å². The Morgan fingerprint density at radius 3 is 1.29 bits per heavy atom. The fourth-order valence-electron chi connectivity index (χ4n) is 8.39. The van der Waals surface area contributed by atoms with Crippen LogP contribution >= 0.6 is 0 Å². The Balaban J connectivity index is 2.75. The molecular weight excluding hydrogens is 997 g/mol. The summed E-state index contributed by atoms with van der Waals surface area (Å²) in [5.41, 5.74) is 0. The average molecular weight is 1100 g/mol. The summed E-state index contributed by atoms with van der Waals surface area (Å²) in [6.07, 6.45) is 61.7. The number of carbonyl (C=O) groups is 4. The lowest BCUT2D eigenvalue weighted by Gasteiger charge is -2.40. The monoisotopic (exact) mass is 1100 g/mol. The first-order chi connectivity index (χ1) is 38.6. The number of allylic oxidation sites excluding steroid dienone is 20. The van der Waals surface area contributed by atoms with Crippen LogP contribution in [0.25, 0.3) is 0 Å². The SMILES string of the molecule is CC/C=C\C/C=C\C/C=C\C/C=C\C/C=C\CCCC(=O)OCC(COC1OC(C(=O)O)C(O)C(O)C1OC(=O)CCCCCCCCC/C=C\CCCCCCCC)OC(=O)CCCC/C=C\C/C=C\C/C=C\C/C=C\CC. The largest absolute Gasteiger partial charge is 0.479 e. The Morgan fingerprint density at radius 1 is 0.430 bits per heavy atom. The molecule has 0 saturated carbocycles. The van der Waals surface area contributed by atoms with Crippen molar-refractivity contribution in [1.82, 2.24) is 0 Å². The first-order valence-electron chi connectivity index (χ1n) is 30.5. The second-order valence-corrected chi connectivity index (χ2v) is 20.2. The molecule has 0 aliphatic carbocycles. The summed E-state index contributed by atoms with van der Waals surface area (Å²) in [7, 11) is 0. The van der Waals surface area contributed by atoms with Crippen LogP contribution in [0.5, 0.6) is 0 Å². The number of carboxylic acids is 1. The van der Waals surface area contributed by atoms with Gasteiger partial charge in [0.05, 0.1) is 6.61 Å². The third-order valence-corrected chi connectivity index (χ3v) is 13.0. The lowest BCUT2D eigenvalue weighted by atomic mass is 9.98. The van der Waals surface area contributed by atoms with Gasteiger partial charge in [0.2, 0.25) is 0 Å². The molecule has 1 rings (SSSR count). The average Bonchev–Trinajstić information content (AvgIpc) is 3.47. The first-order valence-corrected chi connectivity index (χ1v) is 30.5. The fraction of sp³-hybridized carbons (Fsp3) is 0.642. The van der Waals surface area contributed by atoms with Gasteiger partial charge in [-0.05, 0) is 122 Å². The van der Waals surface area contributed by atoms with Crippen LogP contribution in [0.15, 0.2) is 122 Å². The highest BCUT2D eigenvalue weighted by Gasteiger charge is 2.50. The molecule has 0 amide bonds. The van der Waals surface area contributed by atoms with Crippen molar-refractivity contribution < 1.29 is 58.2 Å². The van der Waals surface area contributed by atoms with Crippen molar-refractivity contribution >= 4 is 23.9 Å². The van der Waals surface area contributed by atoms with Crippen molar-refractivity contribution in [2.45, 2.75) is 263 Å². The third kappa shape index (κ3) is 43.6. The van der Waals surface area contributed by atoms with E-state index in [0.29, 0.717) is 25.7 Å². The first kappa shape index (κ1) is 72.1. The number of esters is 3. The molecule has 0 aromatic carbocycles. The van der Waals surface area contributed by atoms with Gasteiger partial charge in [0, 0.05) is 19.3 Å². The van der Waals surface area contributed by atoms with Gasteiger partial charge in [-0.3, -0.25) is 14.4 Å². The second-order valence-electron chi connectivity index (χ2n) is 20.2. The highest BCUT2D eigenvalue weighted by Crippen LogP contribution is 2.26. The van der Waals surface area contributed by atoms with Crippen molar-refractivity contribution in [3.8, 4) is 0 Å². The van der Waals surface area contributed by atoms with Crippen LogP contribution in [0.3, 0.4) is 0 Å². The zero-order chi connectivity index (χ0) is 57.5. The summed E-state index contributed by atoms with van der Waals surface area (Å²) >= 11 is 0. The molecular formula is C67H106O12. The van der Waals surface area contributed by atoms with E-state index in [0.717, 1.165) is 116 Å². The van der Waals surface area contributed by atoms with Gasteiger partial charge in [0.1, 0.15) is 18.8 Å². The molecule has 1 saturated heterocycles. The van der Waals surface area contributed by atoms with Gasteiger partial charge < -0.3 is 39.0 Å². The molecule has 0 spiro atoms. The molecule has 0 aromatic rings. The van der Waals surface area contributed by atoms with E-state index in [1.165, 1.54) is 44.9 Å². The number of ether oxygens (including phenoxy) is 5. The zero-order valence-electron chi connectivity index (χ0n) is 49.1. The van der Waals surface area contributed by atoms with Gasteiger partial charge in [-0.1, -0.05) is 206 Å². The van der Waals surface area contributed by atoms with Gasteiger partial charge in [-0.25, -0.2) is 4.79 Å². The molecule has 1 aliphatic heterocycles. The number of carbonyl (C=O) groups excluding carboxylic acids is 3. The third-order valence-electron chi connectivity index (χ3n) is 13.0. The Kier molecular flexibility index (Phi) is 49.1. The highest BCUT2D eigenvalue weighted by atomic mass is 16.7. The summed E-state index contributed by atoms with van der Waals surface area (Å²) in [6.45, 7) is 5.67. The minimum absolute atomic E-state index is 0.0390. The van der Waals surface area contributed by atoms with E-state index in [1.54, 1.807) is 0 Å². The highest BCUT2D eigenvalue weighted by molar-refractivity contribution is 5.74. The van der Waals surface area contributed by atoms with E-state index >= 15 is 0 Å². The number of aliphatic carboxylic acids is 1. The van der Waals surface area contributed by atoms with Crippen molar-refractivity contribution in [3.05, 3.63) is 122 Å². The molecule has 1 aliphatic rings. The Morgan fingerprint density at radius 2 is 0.810 bits per heavy atom. The topological polar surface area (TPSA) is 175 Å². The molecule has 1 fully saturated rings. The smallest absolute Gasteiger partial charge is 0.335 e. The molecule has 446 valence electrons. The second kappa shape index (κ2) is 53.7. The number of carboxylic acid groups (broad SMARTS) is 1. The van der Waals surface area contributed by atoms with Crippen molar-refractivity contribution in [2.24, 2.45) is 0 Å². The molecule has 6 atom stereocenters. The predicted octanol–water partition coefficient (Wildman–Crippen LogP) is 16.0. The lowest BCUT2D eigenvalue weighted by molar-refractivity contribution is -0.301. The molecule has 12 nitrogen and oxygen atoms in total. The minimum atomic E-state index is -1.92. The molecule has 0 aromatic heterocycles. The summed E-state index contributed by atoms with van der Waals surface area (Å²) in [5, 5.41) is 31.5. The van der Waals surface area contributed by atoms with Crippen LogP contribution in [0, 0.1) is 0 Å². The summed E-state index contributed by atoms with van der Waals surface area (Å²) in [4.78, 5) is 51.2. The van der Waals surface area contributed by atoms with E-state index in [2.05, 4.69) is 136 Å². The number of rotatable bonds is 50. The lowest BCUT2D eigenvalue weighted by Crippen LogP contribution is -2.61. The van der Waals surface area contributed by atoms with E-state index in [1.807, 2.05) is 6.08 Å². The van der Waals surface area contributed by atoms with Crippen molar-refractivity contribution in [2.75, 3.05) is 13.2 Å². The van der Waals surface area contributed by atoms with Crippen molar-refractivity contribution in [3.63, 3.8) is 0 Å². The quantitative estimate of drug-likeness (QED) is 0.0228. The van der Waals surface area contributed by atoms with E-state index in [-0.39, 0.29) is 25.9 Å². The van der Waals surface area contributed by atoms with Crippen LogP contribution in [0.2, 0.25) is 0 Å². The van der Waals surface area contributed by atoms with Gasteiger partial charge >= 0.3 is 23.9 Å². The molecule has 79 heavy (non-hydrogen) atoms. The Hall–Kier alpha value is -4.88. The van der Waals surface area contributed by atoms with Crippen LogP contribution < -0.4 is 0 Å². The van der Waals surface area contributed by atoms with E-state index < -0.39 is 67.3 Å². The van der Waals surface area contributed by atoms with Crippen LogP contribution in [0.4, 0.5) is 0 Å². The van der Waals surface area contributed by atoms with Crippen LogP contribution in [-0.4, -0.2) is 89.2 Å². The molecule has 0 bridgehead atoms. The molecule has 1 heterocycles. The van der Waals surface area contributed by atoms with E-state index in [4.69, 9.17) is 23.7 Å². The summed E-state index contributed by atoms with van der Waals surface area (Å²) < 4.78 is 28.3. The zero-order valence-corrected chi connectivity index (χ0v) is 49.1. The van der Waals surface area contributed by atoms with Gasteiger partial charge in [0.15, 0.2) is 24.6 Å². The van der Waals surface area contributed by atoms with E-state index in [9.17, 15) is 34.5 Å². The molecule has 12 heteroatoms. The van der Waals surface area contributed by atoms with Crippen LogP contribution in [0.1, 0.15) is 226 Å². The number of hydrogen-bond acceptors (Lipinski definition) is 11. The number of hydrogen-bond donors (Lipinski definition) is 3. The number of aliphatic hydroxyl groups excluding tert-OH is 2. The summed E-state index contributed by atoms with van der Waals surface area (Å²) in [5.74, 6) is -3.28. The maximum Gasteiger partial charge on any atom is 0.335 e. The molecule has 0 radical (unpaired) electrons. The van der Waals surface area contributed by atoms with Gasteiger partial charge in [-0.15, -0.1) is 0 Å². The predicted molar refractivity (Wildman–Crippen MR) is 321 cm³/mol.